The lowest BCUT2D eigenvalue weighted by Crippen LogP contribution is -2.28. The summed E-state index contributed by atoms with van der Waals surface area (Å²) in [6.45, 7) is 1.99. The van der Waals surface area contributed by atoms with E-state index >= 15 is 0 Å². The second-order valence-electron chi connectivity index (χ2n) is 6.51. The fourth-order valence-electron chi connectivity index (χ4n) is 3.41. The molecule has 0 radical (unpaired) electrons. The number of carbonyl (C=O) groups is 1. The molecule has 3 aromatic rings. The lowest BCUT2D eigenvalue weighted by molar-refractivity contribution is 0.0927. The first kappa shape index (κ1) is 15.6. The molecule has 0 saturated carbocycles. The van der Waals surface area contributed by atoms with Crippen LogP contribution in [0, 0.1) is 6.92 Å². The van der Waals surface area contributed by atoms with Crippen LogP contribution in [-0.2, 0) is 13.5 Å². The maximum atomic E-state index is 12.4. The van der Waals surface area contributed by atoms with Crippen molar-refractivity contribution in [2.75, 3.05) is 0 Å². The summed E-state index contributed by atoms with van der Waals surface area (Å²) in [5.41, 5.74) is 6.40. The Kier molecular flexibility index (Phi) is 3.84. The van der Waals surface area contributed by atoms with E-state index < -0.39 is 0 Å². The van der Waals surface area contributed by atoms with Crippen LogP contribution in [0.5, 0.6) is 0 Å². The molecule has 1 aromatic carbocycles. The molecule has 1 amide bonds. The zero-order valence-electron chi connectivity index (χ0n) is 14.4. The van der Waals surface area contributed by atoms with Gasteiger partial charge in [-0.3, -0.25) is 14.5 Å². The van der Waals surface area contributed by atoms with Crippen molar-refractivity contribution in [2.24, 2.45) is 7.05 Å². The topological polar surface area (TPSA) is 59.8 Å². The van der Waals surface area contributed by atoms with E-state index in [1.807, 2.05) is 19.2 Å². The molecule has 1 aliphatic carbocycles. The molecule has 4 rings (SSSR count). The minimum atomic E-state index is -0.0790. The largest absolute Gasteiger partial charge is 0.344 e. The van der Waals surface area contributed by atoms with Crippen LogP contribution in [0.1, 0.15) is 39.8 Å². The first-order valence-corrected chi connectivity index (χ1v) is 8.46. The van der Waals surface area contributed by atoms with Crippen LogP contribution < -0.4 is 5.32 Å². The van der Waals surface area contributed by atoms with Gasteiger partial charge in [0.25, 0.3) is 5.91 Å². The Morgan fingerprint density at radius 1 is 1.20 bits per heavy atom. The number of carbonyl (C=O) groups excluding carboxylic acids is 1. The number of amides is 1. The average Bonchev–Trinajstić information content (AvgIpc) is 3.21. The van der Waals surface area contributed by atoms with Gasteiger partial charge in [0, 0.05) is 30.7 Å². The molecule has 0 unspecified atom stereocenters. The first-order chi connectivity index (χ1) is 12.1. The molecule has 2 aromatic heterocycles. The molecular weight excluding hydrogens is 312 g/mol. The highest BCUT2D eigenvalue weighted by molar-refractivity contribution is 5.92. The van der Waals surface area contributed by atoms with Gasteiger partial charge in [-0.15, -0.1) is 0 Å². The number of aromatic nitrogens is 3. The number of hydrogen-bond acceptors (Lipinski definition) is 3. The summed E-state index contributed by atoms with van der Waals surface area (Å²) in [6.07, 6.45) is 5.44. The van der Waals surface area contributed by atoms with Crippen LogP contribution in [0.3, 0.4) is 0 Å². The van der Waals surface area contributed by atoms with Crippen LogP contribution in [0.25, 0.3) is 11.1 Å². The van der Waals surface area contributed by atoms with Crippen molar-refractivity contribution >= 4 is 5.91 Å². The lowest BCUT2D eigenvalue weighted by Gasteiger charge is -2.14. The van der Waals surface area contributed by atoms with Crippen LogP contribution in [-0.4, -0.2) is 20.7 Å². The molecule has 0 spiro atoms. The number of pyridine rings is 1. The number of nitrogens with zero attached hydrogens (tertiary/aromatic N) is 3. The molecule has 5 heteroatoms. The number of hydrogen-bond donors (Lipinski definition) is 1. The van der Waals surface area contributed by atoms with Crippen molar-refractivity contribution in [2.45, 2.75) is 25.8 Å². The third kappa shape index (κ3) is 2.93. The van der Waals surface area contributed by atoms with E-state index in [0.717, 1.165) is 24.1 Å². The Morgan fingerprint density at radius 2 is 2.04 bits per heavy atom. The summed E-state index contributed by atoms with van der Waals surface area (Å²) in [4.78, 5) is 16.8. The molecule has 0 fully saturated rings. The molecule has 2 heterocycles. The lowest BCUT2D eigenvalue weighted by atomic mass is 10.0. The molecule has 0 aliphatic heterocycles. The monoisotopic (exact) mass is 332 g/mol. The van der Waals surface area contributed by atoms with E-state index in [2.05, 4.69) is 39.7 Å². The van der Waals surface area contributed by atoms with Gasteiger partial charge in [0.1, 0.15) is 5.69 Å². The maximum absolute atomic E-state index is 12.4. The Bertz CT molecular complexity index is 927. The fraction of sp³-hybridized carbons (Fsp3) is 0.250. The molecule has 0 saturated heterocycles. The third-order valence-electron chi connectivity index (χ3n) is 4.82. The number of aryl methyl sites for hydroxylation is 3. The van der Waals surface area contributed by atoms with Gasteiger partial charge in [-0.1, -0.05) is 24.3 Å². The van der Waals surface area contributed by atoms with E-state index in [1.165, 1.54) is 16.7 Å². The second kappa shape index (κ2) is 6.16. The quantitative estimate of drug-likeness (QED) is 0.801. The Morgan fingerprint density at radius 3 is 2.76 bits per heavy atom. The Hall–Kier alpha value is -2.95. The molecule has 0 bridgehead atoms. The number of benzene rings is 1. The van der Waals surface area contributed by atoms with E-state index in [4.69, 9.17) is 0 Å². The highest BCUT2D eigenvalue weighted by Gasteiger charge is 2.25. The minimum absolute atomic E-state index is 0.0580. The Labute approximate surface area is 146 Å². The maximum Gasteiger partial charge on any atom is 0.270 e. The van der Waals surface area contributed by atoms with Crippen molar-refractivity contribution in [3.63, 3.8) is 0 Å². The van der Waals surface area contributed by atoms with E-state index in [9.17, 15) is 4.79 Å². The van der Waals surface area contributed by atoms with E-state index in [-0.39, 0.29) is 11.9 Å². The minimum Gasteiger partial charge on any atom is -0.344 e. The summed E-state index contributed by atoms with van der Waals surface area (Å²) in [5, 5.41) is 7.19. The second-order valence-corrected chi connectivity index (χ2v) is 6.51. The van der Waals surface area contributed by atoms with Crippen molar-refractivity contribution in [1.29, 1.82) is 0 Å². The van der Waals surface area contributed by atoms with E-state index in [0.29, 0.717) is 5.69 Å². The SMILES string of the molecule is Cc1ccc(-c2ccc3c(c2)CC[C@H]3NC(=O)c2ccnn2C)cn1. The predicted molar refractivity (Wildman–Crippen MR) is 96.1 cm³/mol. The normalized spacial score (nSPS) is 15.8. The van der Waals surface area contributed by atoms with E-state index in [1.54, 1.807) is 24.0 Å². The molecule has 126 valence electrons. The van der Waals surface area contributed by atoms with Gasteiger partial charge in [0.2, 0.25) is 0 Å². The molecule has 1 aliphatic rings. The van der Waals surface area contributed by atoms with Gasteiger partial charge in [0.15, 0.2) is 0 Å². The van der Waals surface area contributed by atoms with Gasteiger partial charge < -0.3 is 5.32 Å². The fourth-order valence-corrected chi connectivity index (χ4v) is 3.41. The van der Waals surface area contributed by atoms with Gasteiger partial charge in [0.05, 0.1) is 6.04 Å². The van der Waals surface area contributed by atoms with Gasteiger partial charge in [-0.05, 0) is 48.6 Å². The molecular formula is C20H20N4O. The summed E-state index contributed by atoms with van der Waals surface area (Å²) in [5.74, 6) is -0.0790. The number of rotatable bonds is 3. The predicted octanol–water partition coefficient (Wildman–Crippen LogP) is 3.21. The van der Waals surface area contributed by atoms with Crippen LogP contribution in [0.15, 0.2) is 48.8 Å². The zero-order chi connectivity index (χ0) is 17.4. The van der Waals surface area contributed by atoms with Gasteiger partial charge >= 0.3 is 0 Å². The summed E-state index contributed by atoms with van der Waals surface area (Å²) >= 11 is 0. The van der Waals surface area contributed by atoms with Crippen LogP contribution in [0.4, 0.5) is 0 Å². The first-order valence-electron chi connectivity index (χ1n) is 8.46. The van der Waals surface area contributed by atoms with Gasteiger partial charge in [-0.2, -0.15) is 5.10 Å². The third-order valence-corrected chi connectivity index (χ3v) is 4.82. The highest BCUT2D eigenvalue weighted by atomic mass is 16.2. The zero-order valence-corrected chi connectivity index (χ0v) is 14.4. The average molecular weight is 332 g/mol. The van der Waals surface area contributed by atoms with Crippen LogP contribution >= 0.6 is 0 Å². The van der Waals surface area contributed by atoms with Crippen molar-refractivity contribution < 1.29 is 4.79 Å². The Balaban J connectivity index is 1.56. The highest BCUT2D eigenvalue weighted by Crippen LogP contribution is 2.34. The molecule has 5 nitrogen and oxygen atoms in total. The van der Waals surface area contributed by atoms with Crippen molar-refractivity contribution in [1.82, 2.24) is 20.1 Å². The standard InChI is InChI=1S/C20H20N4O/c1-13-3-4-16(12-21-13)14-5-7-17-15(11-14)6-8-18(17)23-20(25)19-9-10-22-24(19)2/h3-5,7,9-12,18H,6,8H2,1-2H3,(H,23,25)/t18-/m1/s1. The van der Waals surface area contributed by atoms with Crippen LogP contribution in [0.2, 0.25) is 0 Å². The summed E-state index contributed by atoms with van der Waals surface area (Å²) < 4.78 is 1.60. The van der Waals surface area contributed by atoms with Crippen molar-refractivity contribution in [3.05, 3.63) is 71.3 Å². The molecule has 1 N–H and O–H groups in total. The molecule has 25 heavy (non-hydrogen) atoms. The summed E-state index contributed by atoms with van der Waals surface area (Å²) in [6, 6.07) is 12.4. The van der Waals surface area contributed by atoms with Gasteiger partial charge in [-0.25, -0.2) is 0 Å². The molecule has 1 atom stereocenters. The summed E-state index contributed by atoms with van der Waals surface area (Å²) in [7, 11) is 1.78. The smallest absolute Gasteiger partial charge is 0.270 e. The number of fused-ring (bicyclic) bond motifs is 1. The number of nitrogens with one attached hydrogen (secondary N) is 1. The van der Waals surface area contributed by atoms with Crippen molar-refractivity contribution in [3.8, 4) is 11.1 Å².